The third-order valence-corrected chi connectivity index (χ3v) is 7.22. The number of carbonyl (C=O) groups is 3. The van der Waals surface area contributed by atoms with Gasteiger partial charge in [-0.25, -0.2) is 14.8 Å². The lowest BCUT2D eigenvalue weighted by Crippen LogP contribution is -2.47. The number of nitrogens with one attached hydrogen (secondary N) is 2. The van der Waals surface area contributed by atoms with Crippen LogP contribution in [-0.2, 0) is 27.0 Å². The number of nitrogens with zero attached hydrogens (tertiary/aromatic N) is 3. The van der Waals surface area contributed by atoms with Gasteiger partial charge in [-0.3, -0.25) is 9.59 Å². The van der Waals surface area contributed by atoms with Crippen LogP contribution in [0.4, 0.5) is 32.3 Å². The third kappa shape index (κ3) is 10.3. The van der Waals surface area contributed by atoms with Crippen molar-refractivity contribution in [2.75, 3.05) is 18.0 Å². The number of piperidine rings is 1. The summed E-state index contributed by atoms with van der Waals surface area (Å²) in [5, 5.41) is 15.0. The lowest BCUT2D eigenvalue weighted by atomic mass is 9.96. The summed E-state index contributed by atoms with van der Waals surface area (Å²) in [6.07, 6.45) is -7.31. The van der Waals surface area contributed by atoms with E-state index >= 15 is 0 Å². The molecule has 1 atom stereocenters. The van der Waals surface area contributed by atoms with Crippen molar-refractivity contribution in [2.45, 2.75) is 37.8 Å². The second-order valence-electron chi connectivity index (χ2n) is 10.4. The number of aromatic nitrogens is 2. The number of benzene rings is 2. The van der Waals surface area contributed by atoms with Crippen molar-refractivity contribution < 1.29 is 50.6 Å². The van der Waals surface area contributed by atoms with Crippen LogP contribution in [0.3, 0.4) is 0 Å². The van der Waals surface area contributed by atoms with Crippen molar-refractivity contribution in [3.8, 4) is 5.75 Å². The lowest BCUT2D eigenvalue weighted by Gasteiger charge is -2.31. The Morgan fingerprint density at radius 2 is 1.64 bits per heavy atom. The zero-order valence-electron chi connectivity index (χ0n) is 24.1. The fourth-order valence-corrected chi connectivity index (χ4v) is 4.74. The van der Waals surface area contributed by atoms with Gasteiger partial charge < -0.3 is 25.4 Å². The topological polar surface area (TPSA) is 134 Å². The molecule has 1 fully saturated rings. The Morgan fingerprint density at radius 3 is 2.21 bits per heavy atom. The summed E-state index contributed by atoms with van der Waals surface area (Å²) in [6, 6.07) is 9.89. The Morgan fingerprint density at radius 1 is 1.00 bits per heavy atom. The minimum atomic E-state index is -4.94. The first kappa shape index (κ1) is 35.0. The van der Waals surface area contributed by atoms with Crippen molar-refractivity contribution in [3.63, 3.8) is 0 Å². The molecule has 1 aromatic heterocycles. The first-order chi connectivity index (χ1) is 22.1. The molecule has 1 aliphatic rings. The molecule has 0 aliphatic carbocycles. The second-order valence-corrected chi connectivity index (χ2v) is 10.8. The number of aliphatic carboxylic acids is 1. The van der Waals surface area contributed by atoms with E-state index in [1.165, 1.54) is 17.0 Å². The molecule has 4 rings (SSSR count). The number of rotatable bonds is 10. The Kier molecular flexibility index (Phi) is 11.0. The van der Waals surface area contributed by atoms with Crippen LogP contribution < -0.4 is 20.3 Å². The fraction of sp³-hybridized carbons (Fsp3) is 0.300. The van der Waals surface area contributed by atoms with Gasteiger partial charge in [-0.05, 0) is 60.4 Å². The monoisotopic (exact) mass is 685 g/mol. The van der Waals surface area contributed by atoms with Crippen molar-refractivity contribution in [1.29, 1.82) is 0 Å². The number of amides is 2. The Bertz CT molecular complexity index is 1610. The van der Waals surface area contributed by atoms with Crippen molar-refractivity contribution in [3.05, 3.63) is 88.3 Å². The number of hydrogen-bond donors (Lipinski definition) is 3. The summed E-state index contributed by atoms with van der Waals surface area (Å²) < 4.78 is 80.9. The molecular formula is C30H26ClF6N5O5. The number of carboxylic acids is 1. The second kappa shape index (κ2) is 14.7. The van der Waals surface area contributed by atoms with Gasteiger partial charge in [0.25, 0.3) is 5.91 Å². The number of carboxylic acid groups (broad SMARTS) is 1. The maximum absolute atomic E-state index is 13.4. The van der Waals surface area contributed by atoms with E-state index in [4.69, 9.17) is 11.6 Å². The first-order valence-electron chi connectivity index (χ1n) is 13.9. The van der Waals surface area contributed by atoms with Gasteiger partial charge in [-0.15, -0.1) is 13.2 Å². The number of ether oxygens (including phenoxy) is 1. The number of alkyl halides is 6. The standard InChI is InChI=1S/C30H26ClF6N5O5/c31-20-5-1-17(2-6-20)16-23(27(45)46)40-26(44)22(15-18-3-7-21(8-4-18)47-30(35,36)37)39-25(43)19-10-13-42(14-11-19)28-38-12-9-24(41-28)29(32,33)34/h1-9,12,15,19,23H,10-11,13-14,16H2,(H,39,43)(H,40,44)(H,45,46)/b22-15+/t23-/m0/s1. The van der Waals surface area contributed by atoms with E-state index in [0.717, 1.165) is 30.5 Å². The molecule has 250 valence electrons. The largest absolute Gasteiger partial charge is 0.573 e. The molecule has 2 amide bonds. The van der Waals surface area contributed by atoms with Crippen LogP contribution in [0.5, 0.6) is 5.75 Å². The van der Waals surface area contributed by atoms with Crippen molar-refractivity contribution in [2.24, 2.45) is 5.92 Å². The number of hydrogen-bond acceptors (Lipinski definition) is 7. The van der Waals surface area contributed by atoms with E-state index in [-0.39, 0.29) is 43.9 Å². The summed E-state index contributed by atoms with van der Waals surface area (Å²) >= 11 is 5.88. The van der Waals surface area contributed by atoms with E-state index in [1.54, 1.807) is 24.3 Å². The fourth-order valence-electron chi connectivity index (χ4n) is 4.62. The lowest BCUT2D eigenvalue weighted by molar-refractivity contribution is -0.274. The van der Waals surface area contributed by atoms with Crippen molar-refractivity contribution >= 4 is 41.4 Å². The molecule has 17 heteroatoms. The molecular weight excluding hydrogens is 660 g/mol. The molecule has 2 heterocycles. The van der Waals surface area contributed by atoms with Gasteiger partial charge in [0.2, 0.25) is 11.9 Å². The van der Waals surface area contributed by atoms with Crippen LogP contribution in [-0.4, -0.2) is 58.4 Å². The maximum Gasteiger partial charge on any atom is 0.573 e. The molecule has 0 unspecified atom stereocenters. The minimum absolute atomic E-state index is 0.119. The summed E-state index contributed by atoms with van der Waals surface area (Å²) in [5.74, 6) is -4.41. The van der Waals surface area contributed by atoms with Crippen LogP contribution in [0.1, 0.15) is 29.7 Å². The SMILES string of the molecule is O=C(N[C@@H](Cc1ccc(Cl)cc1)C(=O)O)/C(=C\c1ccc(OC(F)(F)F)cc1)NC(=O)C1CCN(c2nccc(C(F)(F)F)n2)CC1. The van der Waals surface area contributed by atoms with Crippen molar-refractivity contribution in [1.82, 2.24) is 20.6 Å². The van der Waals surface area contributed by atoms with Crippen LogP contribution in [0.15, 0.2) is 66.5 Å². The highest BCUT2D eigenvalue weighted by molar-refractivity contribution is 6.30. The maximum atomic E-state index is 13.4. The summed E-state index contributed by atoms with van der Waals surface area (Å²) in [7, 11) is 0. The van der Waals surface area contributed by atoms with Gasteiger partial charge in [-0.1, -0.05) is 35.9 Å². The van der Waals surface area contributed by atoms with E-state index in [2.05, 4.69) is 25.3 Å². The molecule has 47 heavy (non-hydrogen) atoms. The summed E-state index contributed by atoms with van der Waals surface area (Å²) in [5.41, 5.74) is -0.804. The minimum Gasteiger partial charge on any atom is -0.480 e. The van der Waals surface area contributed by atoms with E-state index in [1.807, 2.05) is 0 Å². The summed E-state index contributed by atoms with van der Waals surface area (Å²) in [6.45, 7) is 0.237. The molecule has 3 aromatic rings. The molecule has 1 aliphatic heterocycles. The summed E-state index contributed by atoms with van der Waals surface area (Å²) in [4.78, 5) is 47.6. The molecule has 0 spiro atoms. The zero-order valence-corrected chi connectivity index (χ0v) is 24.9. The average molecular weight is 686 g/mol. The Labute approximate surface area is 268 Å². The zero-order chi connectivity index (χ0) is 34.4. The predicted octanol–water partition coefficient (Wildman–Crippen LogP) is 5.23. The molecule has 2 aromatic carbocycles. The number of anilines is 1. The average Bonchev–Trinajstić information content (AvgIpc) is 3.01. The highest BCUT2D eigenvalue weighted by atomic mass is 35.5. The normalized spacial score (nSPS) is 15.1. The van der Waals surface area contributed by atoms with Gasteiger partial charge in [0.05, 0.1) is 0 Å². The van der Waals surface area contributed by atoms with Crippen LogP contribution in [0.25, 0.3) is 6.08 Å². The molecule has 10 nitrogen and oxygen atoms in total. The molecule has 0 bridgehead atoms. The van der Waals surface area contributed by atoms with Gasteiger partial charge in [0, 0.05) is 36.6 Å². The highest BCUT2D eigenvalue weighted by Crippen LogP contribution is 2.29. The Balaban J connectivity index is 1.50. The highest BCUT2D eigenvalue weighted by Gasteiger charge is 2.34. The van der Waals surface area contributed by atoms with Crippen LogP contribution in [0.2, 0.25) is 5.02 Å². The first-order valence-corrected chi connectivity index (χ1v) is 14.3. The Hall–Kier alpha value is -4.86. The molecule has 0 radical (unpaired) electrons. The van der Waals surface area contributed by atoms with E-state index in [0.29, 0.717) is 10.6 Å². The van der Waals surface area contributed by atoms with E-state index in [9.17, 15) is 45.8 Å². The third-order valence-electron chi connectivity index (χ3n) is 6.97. The van der Waals surface area contributed by atoms with Gasteiger partial charge in [0.15, 0.2) is 0 Å². The molecule has 3 N–H and O–H groups in total. The van der Waals surface area contributed by atoms with Crippen LogP contribution >= 0.6 is 11.6 Å². The van der Waals surface area contributed by atoms with E-state index < -0.39 is 59.4 Å². The molecule has 1 saturated heterocycles. The van der Waals surface area contributed by atoms with Crippen LogP contribution in [0, 0.1) is 5.92 Å². The number of halogens is 7. The van der Waals surface area contributed by atoms with Gasteiger partial charge >= 0.3 is 18.5 Å². The quantitative estimate of drug-likeness (QED) is 0.195. The number of carbonyl (C=O) groups excluding carboxylic acids is 2. The van der Waals surface area contributed by atoms with Gasteiger partial charge in [-0.2, -0.15) is 13.2 Å². The predicted molar refractivity (Wildman–Crippen MR) is 156 cm³/mol. The smallest absolute Gasteiger partial charge is 0.480 e. The van der Waals surface area contributed by atoms with Gasteiger partial charge in [0.1, 0.15) is 23.2 Å². The molecule has 0 saturated carbocycles.